The lowest BCUT2D eigenvalue weighted by Gasteiger charge is -2.30. The number of nitrogens with one attached hydrogen (secondary N) is 2. The lowest BCUT2D eigenvalue weighted by Crippen LogP contribution is -2.52. The second kappa shape index (κ2) is 8.45. The second-order valence-corrected chi connectivity index (χ2v) is 6.68. The van der Waals surface area contributed by atoms with Crippen LogP contribution in [0.1, 0.15) is 47.5 Å². The molecule has 2 atom stereocenters. The third-order valence-corrected chi connectivity index (χ3v) is 6.80. The molecule has 2 unspecified atom stereocenters. The highest BCUT2D eigenvalue weighted by Crippen LogP contribution is 2.25. The molecule has 0 aromatic rings. The Morgan fingerprint density at radius 2 is 1.43 bits per heavy atom. The van der Waals surface area contributed by atoms with Crippen LogP contribution in [0.3, 0.4) is 0 Å². The molecule has 2 nitrogen and oxygen atoms in total. The van der Waals surface area contributed by atoms with Gasteiger partial charge >= 0.3 is 0 Å². The van der Waals surface area contributed by atoms with Crippen LogP contribution in [-0.4, -0.2) is 22.2 Å². The van der Waals surface area contributed by atoms with E-state index in [1.165, 1.54) is 12.8 Å². The number of rotatable bonds is 8. The van der Waals surface area contributed by atoms with Crippen LogP contribution >= 0.6 is 0 Å². The fourth-order valence-electron chi connectivity index (χ4n) is 2.08. The third-order valence-electron chi connectivity index (χ3n) is 3.12. The predicted molar refractivity (Wildman–Crippen MR) is 68.0 cm³/mol. The van der Waals surface area contributed by atoms with Crippen molar-refractivity contribution in [3.05, 3.63) is 0 Å². The van der Waals surface area contributed by atoms with Gasteiger partial charge in [-0.3, -0.25) is 0 Å². The van der Waals surface area contributed by atoms with Crippen molar-refractivity contribution in [1.82, 2.24) is 9.96 Å². The Bertz CT molecular complexity index is 124. The molecule has 86 valence electrons. The topological polar surface area (TPSA) is 24.1 Å². The summed E-state index contributed by atoms with van der Waals surface area (Å²) < 4.78 is 0. The molecule has 0 saturated heterocycles. The lowest BCUT2D eigenvalue weighted by molar-refractivity contribution is 0.488. The van der Waals surface area contributed by atoms with Gasteiger partial charge in [0.25, 0.3) is 0 Å². The first-order chi connectivity index (χ1) is 6.71. The Morgan fingerprint density at radius 1 is 0.929 bits per heavy atom. The van der Waals surface area contributed by atoms with E-state index >= 15 is 0 Å². The fourth-order valence-corrected chi connectivity index (χ4v) is 5.11. The van der Waals surface area contributed by atoms with Gasteiger partial charge in [-0.1, -0.05) is 47.5 Å². The van der Waals surface area contributed by atoms with Crippen LogP contribution in [0.25, 0.3) is 0 Å². The predicted octanol–water partition coefficient (Wildman–Crippen LogP) is 2.25. The van der Waals surface area contributed by atoms with Crippen LogP contribution in [-0.2, 0) is 0 Å². The van der Waals surface area contributed by atoms with Crippen molar-refractivity contribution in [2.24, 2.45) is 5.92 Å². The van der Waals surface area contributed by atoms with Crippen molar-refractivity contribution in [1.29, 1.82) is 0 Å². The van der Waals surface area contributed by atoms with E-state index in [1.54, 1.807) is 0 Å². The molecule has 0 aliphatic carbocycles. The molecule has 0 heterocycles. The Morgan fingerprint density at radius 3 is 1.71 bits per heavy atom. The minimum atomic E-state index is -0.924. The largest absolute Gasteiger partial charge is 0.328 e. The lowest BCUT2D eigenvalue weighted by atomic mass is 10.0. The van der Waals surface area contributed by atoms with E-state index < -0.39 is 9.12 Å². The average molecular weight is 216 g/mol. The summed E-state index contributed by atoms with van der Waals surface area (Å²) in [5.41, 5.74) is 0.889. The highest BCUT2D eigenvalue weighted by Gasteiger charge is 2.24. The van der Waals surface area contributed by atoms with Crippen LogP contribution in [0.15, 0.2) is 0 Å². The van der Waals surface area contributed by atoms with Crippen molar-refractivity contribution in [2.45, 2.75) is 53.0 Å². The number of hydrogen-bond acceptors (Lipinski definition) is 2. The summed E-state index contributed by atoms with van der Waals surface area (Å²) in [5.74, 6) is 0.856. The maximum absolute atomic E-state index is 3.68. The quantitative estimate of drug-likeness (QED) is 0.608. The normalized spacial score (nSPS) is 15.9. The van der Waals surface area contributed by atoms with Crippen LogP contribution in [0.2, 0.25) is 5.54 Å². The first-order valence-corrected chi connectivity index (χ1v) is 7.99. The van der Waals surface area contributed by atoms with Gasteiger partial charge in [-0.25, -0.2) is 0 Å². The average Bonchev–Trinajstić information content (AvgIpc) is 2.19. The molecule has 0 radical (unpaired) electrons. The fraction of sp³-hybridized carbons (Fsp3) is 1.00. The summed E-state index contributed by atoms with van der Waals surface area (Å²) in [4.78, 5) is 7.36. The highest BCUT2D eigenvalue weighted by atomic mass is 28.3. The van der Waals surface area contributed by atoms with E-state index in [2.05, 4.69) is 44.6 Å². The Labute approximate surface area is 91.6 Å². The van der Waals surface area contributed by atoms with Crippen molar-refractivity contribution in [3.63, 3.8) is 0 Å². The molecule has 0 saturated carbocycles. The van der Waals surface area contributed by atoms with Gasteiger partial charge in [0, 0.05) is 0 Å². The summed E-state index contributed by atoms with van der Waals surface area (Å²) >= 11 is 0. The van der Waals surface area contributed by atoms with Crippen molar-refractivity contribution in [2.75, 3.05) is 13.1 Å². The van der Waals surface area contributed by atoms with E-state index in [4.69, 9.17) is 0 Å². The van der Waals surface area contributed by atoms with Crippen LogP contribution < -0.4 is 9.96 Å². The van der Waals surface area contributed by atoms with Crippen LogP contribution in [0.4, 0.5) is 0 Å². The van der Waals surface area contributed by atoms with Crippen molar-refractivity contribution >= 4 is 9.12 Å². The second-order valence-electron chi connectivity index (χ2n) is 4.05. The smallest absolute Gasteiger partial charge is 0.188 e. The first kappa shape index (κ1) is 14.1. The summed E-state index contributed by atoms with van der Waals surface area (Å²) in [6, 6.07) is 0. The molecule has 0 rings (SSSR count). The summed E-state index contributed by atoms with van der Waals surface area (Å²) in [5, 5.41) is 0. The van der Waals surface area contributed by atoms with Gasteiger partial charge in [-0.05, 0) is 24.5 Å². The van der Waals surface area contributed by atoms with E-state index in [0.29, 0.717) is 0 Å². The Hall–Kier alpha value is 0.137. The van der Waals surface area contributed by atoms with Gasteiger partial charge in [-0.2, -0.15) is 0 Å². The Balaban J connectivity index is 4.24. The molecule has 2 N–H and O–H groups in total. The highest BCUT2D eigenvalue weighted by molar-refractivity contribution is 6.55. The molecule has 0 aliphatic rings. The molecular formula is C11H28N2Si. The standard InChI is InChI=1S/C11H28N2Si/c1-6-10(5)11(7-2)14(12-8-3)13-9-4/h10-14H,6-9H2,1-5H3. The third kappa shape index (κ3) is 4.58. The molecule has 0 spiro atoms. The molecular weight excluding hydrogens is 188 g/mol. The first-order valence-electron chi connectivity index (χ1n) is 6.17. The maximum atomic E-state index is 3.68. The van der Waals surface area contributed by atoms with Crippen molar-refractivity contribution < 1.29 is 0 Å². The minimum Gasteiger partial charge on any atom is -0.328 e. The minimum absolute atomic E-state index is 0.856. The van der Waals surface area contributed by atoms with Gasteiger partial charge in [0.2, 0.25) is 0 Å². The molecule has 0 aromatic heterocycles. The SMILES string of the molecule is CCN[SiH](NCC)C(CC)C(C)CC. The van der Waals surface area contributed by atoms with Gasteiger partial charge in [0.1, 0.15) is 0 Å². The van der Waals surface area contributed by atoms with Gasteiger partial charge in [-0.15, -0.1) is 0 Å². The summed E-state index contributed by atoms with van der Waals surface area (Å²) in [6.07, 6.45) is 2.62. The van der Waals surface area contributed by atoms with Gasteiger partial charge < -0.3 is 9.96 Å². The molecule has 0 aromatic carbocycles. The monoisotopic (exact) mass is 216 g/mol. The zero-order chi connectivity index (χ0) is 11.0. The van der Waals surface area contributed by atoms with Crippen LogP contribution in [0.5, 0.6) is 0 Å². The molecule has 3 heteroatoms. The molecule has 0 fully saturated rings. The van der Waals surface area contributed by atoms with Gasteiger partial charge in [0.15, 0.2) is 9.12 Å². The van der Waals surface area contributed by atoms with Gasteiger partial charge in [0.05, 0.1) is 0 Å². The maximum Gasteiger partial charge on any atom is 0.188 e. The van der Waals surface area contributed by atoms with E-state index in [1.807, 2.05) is 0 Å². The van der Waals surface area contributed by atoms with Crippen molar-refractivity contribution in [3.8, 4) is 0 Å². The van der Waals surface area contributed by atoms with E-state index in [-0.39, 0.29) is 0 Å². The zero-order valence-corrected chi connectivity index (χ0v) is 11.7. The molecule has 0 aliphatic heterocycles. The van der Waals surface area contributed by atoms with E-state index in [9.17, 15) is 0 Å². The molecule has 0 bridgehead atoms. The molecule has 0 amide bonds. The Kier molecular flexibility index (Phi) is 8.53. The van der Waals surface area contributed by atoms with E-state index in [0.717, 1.165) is 24.5 Å². The summed E-state index contributed by atoms with van der Waals surface area (Å²) in [6.45, 7) is 13.7. The molecule has 14 heavy (non-hydrogen) atoms. The number of hydrogen-bond donors (Lipinski definition) is 2. The van der Waals surface area contributed by atoms with Crippen LogP contribution in [0, 0.1) is 5.92 Å². The summed E-state index contributed by atoms with van der Waals surface area (Å²) in [7, 11) is -0.924. The zero-order valence-electron chi connectivity index (χ0n) is 10.6.